The highest BCUT2D eigenvalue weighted by Gasteiger charge is 2.19. The zero-order valence-corrected chi connectivity index (χ0v) is 12.4. The number of aromatic nitrogens is 3. The van der Waals surface area contributed by atoms with Crippen LogP contribution in [-0.4, -0.2) is 38.2 Å². The Kier molecular flexibility index (Phi) is 2.86. The molecule has 1 aromatic carbocycles. The van der Waals surface area contributed by atoms with Crippen molar-refractivity contribution in [2.45, 2.75) is 12.1 Å². The smallest absolute Gasteiger partial charge is 0.313 e. The standard InChI is InChI=1S/C14H11N3O4S/c1-7-2-8-3-10-11(21-6-20-10)4-9(8)17-13(7)15-16-14(17)22-5-12(18)19/h2-4H,5-6H2,1H3,(H,18,19). The van der Waals surface area contributed by atoms with E-state index in [1.807, 2.05) is 29.5 Å². The second-order valence-corrected chi connectivity index (χ2v) is 5.86. The van der Waals surface area contributed by atoms with Crippen LogP contribution in [0.2, 0.25) is 0 Å². The van der Waals surface area contributed by atoms with Crippen molar-refractivity contribution in [3.8, 4) is 11.5 Å². The van der Waals surface area contributed by atoms with Crippen LogP contribution in [0.1, 0.15) is 5.56 Å². The van der Waals surface area contributed by atoms with E-state index >= 15 is 0 Å². The highest BCUT2D eigenvalue weighted by molar-refractivity contribution is 7.99. The second kappa shape index (κ2) is 4.77. The lowest BCUT2D eigenvalue weighted by Crippen LogP contribution is -2.00. The molecule has 3 heterocycles. The van der Waals surface area contributed by atoms with E-state index in [4.69, 9.17) is 14.6 Å². The van der Waals surface area contributed by atoms with Gasteiger partial charge < -0.3 is 14.6 Å². The number of ether oxygens (including phenoxy) is 2. The minimum Gasteiger partial charge on any atom is -0.481 e. The van der Waals surface area contributed by atoms with E-state index < -0.39 is 5.97 Å². The van der Waals surface area contributed by atoms with Gasteiger partial charge in [-0.1, -0.05) is 11.8 Å². The summed E-state index contributed by atoms with van der Waals surface area (Å²) >= 11 is 1.14. The first-order valence-electron chi connectivity index (χ1n) is 6.56. The minimum absolute atomic E-state index is 0.0687. The van der Waals surface area contributed by atoms with Gasteiger partial charge in [-0.3, -0.25) is 9.20 Å². The van der Waals surface area contributed by atoms with Crippen LogP contribution in [0.15, 0.2) is 23.4 Å². The average Bonchev–Trinajstić information content (AvgIpc) is 3.09. The van der Waals surface area contributed by atoms with Gasteiger partial charge in [0.15, 0.2) is 22.3 Å². The summed E-state index contributed by atoms with van der Waals surface area (Å²) in [6.07, 6.45) is 0. The Morgan fingerprint density at radius 1 is 1.32 bits per heavy atom. The van der Waals surface area contributed by atoms with Crippen LogP contribution in [0.4, 0.5) is 0 Å². The molecule has 7 nitrogen and oxygen atoms in total. The molecule has 0 spiro atoms. The zero-order chi connectivity index (χ0) is 15.3. The van der Waals surface area contributed by atoms with E-state index in [1.54, 1.807) is 0 Å². The van der Waals surface area contributed by atoms with Crippen molar-refractivity contribution in [3.63, 3.8) is 0 Å². The first kappa shape index (κ1) is 13.2. The summed E-state index contributed by atoms with van der Waals surface area (Å²) in [5, 5.41) is 18.7. The van der Waals surface area contributed by atoms with E-state index in [9.17, 15) is 4.79 Å². The quantitative estimate of drug-likeness (QED) is 0.740. The fourth-order valence-corrected chi connectivity index (χ4v) is 3.18. The normalized spacial score (nSPS) is 13.1. The summed E-state index contributed by atoms with van der Waals surface area (Å²) in [5.74, 6) is 0.414. The van der Waals surface area contributed by atoms with Gasteiger partial charge in [0.1, 0.15) is 0 Å². The Morgan fingerprint density at radius 3 is 2.86 bits per heavy atom. The Labute approximate surface area is 128 Å². The molecule has 0 atom stereocenters. The third kappa shape index (κ3) is 1.95. The van der Waals surface area contributed by atoms with Crippen LogP contribution in [0.5, 0.6) is 11.5 Å². The van der Waals surface area contributed by atoms with Crippen LogP contribution in [0.25, 0.3) is 16.6 Å². The minimum atomic E-state index is -0.892. The lowest BCUT2D eigenvalue weighted by Gasteiger charge is -2.07. The Balaban J connectivity index is 1.99. The predicted octanol–water partition coefficient (Wildman–Crippen LogP) is 2.10. The molecule has 0 bridgehead atoms. The van der Waals surface area contributed by atoms with Crippen LogP contribution in [0, 0.1) is 6.92 Å². The van der Waals surface area contributed by atoms with Crippen molar-refractivity contribution in [1.29, 1.82) is 0 Å². The van der Waals surface area contributed by atoms with Crippen LogP contribution in [-0.2, 0) is 4.79 Å². The van der Waals surface area contributed by atoms with E-state index in [1.165, 1.54) is 0 Å². The third-order valence-corrected chi connectivity index (χ3v) is 4.36. The number of fused-ring (bicyclic) bond motifs is 4. The fraction of sp³-hybridized carbons (Fsp3) is 0.214. The number of nitrogens with zero attached hydrogens (tertiary/aromatic N) is 3. The molecule has 8 heteroatoms. The molecule has 0 unspecified atom stereocenters. The number of pyridine rings is 1. The topological polar surface area (TPSA) is 86.0 Å². The molecule has 0 fully saturated rings. The second-order valence-electron chi connectivity index (χ2n) is 4.92. The number of benzene rings is 1. The molecule has 1 N–H and O–H groups in total. The molecule has 0 aliphatic carbocycles. The lowest BCUT2D eigenvalue weighted by molar-refractivity contribution is -0.133. The van der Waals surface area contributed by atoms with Crippen LogP contribution >= 0.6 is 11.8 Å². The molecule has 2 aromatic heterocycles. The fourth-order valence-electron chi connectivity index (χ4n) is 2.52. The largest absolute Gasteiger partial charge is 0.481 e. The van der Waals surface area contributed by atoms with Gasteiger partial charge in [0.2, 0.25) is 6.79 Å². The molecular formula is C14H11N3O4S. The van der Waals surface area contributed by atoms with Gasteiger partial charge in [-0.15, -0.1) is 10.2 Å². The van der Waals surface area contributed by atoms with Gasteiger partial charge in [-0.25, -0.2) is 0 Å². The van der Waals surface area contributed by atoms with E-state index in [0.29, 0.717) is 22.3 Å². The number of carboxylic acids is 1. The summed E-state index contributed by atoms with van der Waals surface area (Å²) in [4.78, 5) is 10.8. The van der Waals surface area contributed by atoms with Crippen molar-refractivity contribution >= 4 is 34.3 Å². The van der Waals surface area contributed by atoms with Crippen molar-refractivity contribution in [1.82, 2.24) is 14.6 Å². The monoisotopic (exact) mass is 317 g/mol. The summed E-state index contributed by atoms with van der Waals surface area (Å²) in [5.41, 5.74) is 2.53. The summed E-state index contributed by atoms with van der Waals surface area (Å²) < 4.78 is 12.7. The number of aryl methyl sites for hydroxylation is 1. The van der Waals surface area contributed by atoms with Gasteiger partial charge in [0.25, 0.3) is 0 Å². The van der Waals surface area contributed by atoms with Gasteiger partial charge in [-0.2, -0.15) is 0 Å². The Bertz CT molecular complexity index is 921. The Morgan fingerprint density at radius 2 is 2.09 bits per heavy atom. The SMILES string of the molecule is Cc1cc2cc3c(cc2n2c(SCC(=O)O)nnc12)OCO3. The van der Waals surface area contributed by atoms with Gasteiger partial charge in [0.05, 0.1) is 11.3 Å². The molecule has 1 aliphatic heterocycles. The molecule has 0 saturated carbocycles. The number of aliphatic carboxylic acids is 1. The number of hydrogen-bond acceptors (Lipinski definition) is 6. The zero-order valence-electron chi connectivity index (χ0n) is 11.6. The summed E-state index contributed by atoms with van der Waals surface area (Å²) in [7, 11) is 0. The molecule has 4 rings (SSSR count). The highest BCUT2D eigenvalue weighted by atomic mass is 32.2. The van der Waals surface area contributed by atoms with Gasteiger partial charge in [-0.05, 0) is 24.6 Å². The Hall–Kier alpha value is -2.48. The van der Waals surface area contributed by atoms with E-state index in [2.05, 4.69) is 10.2 Å². The predicted molar refractivity (Wildman–Crippen MR) is 79.7 cm³/mol. The number of hydrogen-bond donors (Lipinski definition) is 1. The first-order valence-corrected chi connectivity index (χ1v) is 7.55. The first-order chi connectivity index (χ1) is 10.6. The molecule has 0 radical (unpaired) electrons. The molecular weight excluding hydrogens is 306 g/mol. The molecule has 112 valence electrons. The van der Waals surface area contributed by atoms with Crippen molar-refractivity contribution in [2.24, 2.45) is 0 Å². The molecule has 22 heavy (non-hydrogen) atoms. The van der Waals surface area contributed by atoms with E-state index in [0.717, 1.165) is 28.2 Å². The summed E-state index contributed by atoms with van der Waals surface area (Å²) in [6.45, 7) is 2.15. The number of carbonyl (C=O) groups is 1. The number of rotatable bonds is 3. The lowest BCUT2D eigenvalue weighted by atomic mass is 10.1. The highest BCUT2D eigenvalue weighted by Crippen LogP contribution is 2.37. The number of carboxylic acid groups (broad SMARTS) is 1. The van der Waals surface area contributed by atoms with Crippen molar-refractivity contribution in [3.05, 3.63) is 23.8 Å². The number of thioether (sulfide) groups is 1. The van der Waals surface area contributed by atoms with Crippen molar-refractivity contribution in [2.75, 3.05) is 12.5 Å². The molecule has 0 saturated heterocycles. The summed E-state index contributed by atoms with van der Waals surface area (Å²) in [6, 6.07) is 5.79. The van der Waals surface area contributed by atoms with E-state index in [-0.39, 0.29) is 12.5 Å². The maximum Gasteiger partial charge on any atom is 0.313 e. The maximum absolute atomic E-state index is 10.8. The third-order valence-electron chi connectivity index (χ3n) is 3.45. The maximum atomic E-state index is 10.8. The molecule has 3 aromatic rings. The van der Waals surface area contributed by atoms with Gasteiger partial charge >= 0.3 is 5.97 Å². The molecule has 0 amide bonds. The van der Waals surface area contributed by atoms with Crippen LogP contribution in [0.3, 0.4) is 0 Å². The van der Waals surface area contributed by atoms with Crippen molar-refractivity contribution < 1.29 is 19.4 Å². The average molecular weight is 317 g/mol. The molecule has 1 aliphatic rings. The van der Waals surface area contributed by atoms with Gasteiger partial charge in [0, 0.05) is 11.5 Å². The van der Waals surface area contributed by atoms with Crippen LogP contribution < -0.4 is 9.47 Å².